The highest BCUT2D eigenvalue weighted by Gasteiger charge is 2.34. The molecule has 1 heterocycles. The summed E-state index contributed by atoms with van der Waals surface area (Å²) in [5.74, 6) is 0. The molecular weight excluding hydrogens is 275 g/mol. The van der Waals surface area contributed by atoms with E-state index in [1.54, 1.807) is 19.2 Å². The number of aryl methyl sites for hydroxylation is 1. The molecule has 0 saturated carbocycles. The van der Waals surface area contributed by atoms with Crippen molar-refractivity contribution in [1.82, 2.24) is 9.78 Å². The lowest BCUT2D eigenvalue weighted by molar-refractivity contribution is -0.137. The Bertz CT molecular complexity index is 631. The number of rotatable bonds is 2. The molecule has 0 aliphatic rings. The van der Waals surface area contributed by atoms with Crippen molar-refractivity contribution in [2.45, 2.75) is 13.1 Å². The third-order valence-electron chi connectivity index (χ3n) is 2.56. The van der Waals surface area contributed by atoms with Crippen LogP contribution in [0.2, 0.25) is 0 Å². The van der Waals surface area contributed by atoms with Crippen molar-refractivity contribution in [3.8, 4) is 5.69 Å². The van der Waals surface area contributed by atoms with Gasteiger partial charge in [0.05, 0.1) is 16.9 Å². The van der Waals surface area contributed by atoms with Gasteiger partial charge < -0.3 is 5.73 Å². The van der Waals surface area contributed by atoms with E-state index in [4.69, 9.17) is 5.73 Å². The Labute approximate surface area is 112 Å². The van der Waals surface area contributed by atoms with E-state index in [0.717, 1.165) is 6.07 Å². The van der Waals surface area contributed by atoms with E-state index in [-0.39, 0.29) is 10.6 Å². The molecule has 1 aromatic carbocycles. The summed E-state index contributed by atoms with van der Waals surface area (Å²) in [5.41, 5.74) is 5.29. The number of aromatic nitrogens is 2. The minimum atomic E-state index is -4.52. The maximum atomic E-state index is 13.0. The summed E-state index contributed by atoms with van der Waals surface area (Å²) in [6.07, 6.45) is -2.93. The zero-order valence-corrected chi connectivity index (χ0v) is 10.7. The zero-order chi connectivity index (χ0) is 14.2. The topological polar surface area (TPSA) is 43.8 Å². The average Bonchev–Trinajstić information content (AvgIpc) is 2.74. The molecule has 0 saturated heterocycles. The Kier molecular flexibility index (Phi) is 3.32. The predicted octanol–water partition coefficient (Wildman–Crippen LogP) is 2.83. The van der Waals surface area contributed by atoms with Gasteiger partial charge in [0, 0.05) is 11.8 Å². The number of hydrogen-bond acceptors (Lipinski definition) is 2. The van der Waals surface area contributed by atoms with Crippen molar-refractivity contribution in [3.05, 3.63) is 47.3 Å². The van der Waals surface area contributed by atoms with E-state index in [1.165, 1.54) is 16.8 Å². The van der Waals surface area contributed by atoms with Crippen LogP contribution in [-0.4, -0.2) is 14.8 Å². The van der Waals surface area contributed by atoms with Crippen molar-refractivity contribution in [1.29, 1.82) is 0 Å². The number of nitrogens with zero attached hydrogens (tertiary/aromatic N) is 2. The van der Waals surface area contributed by atoms with E-state index in [0.29, 0.717) is 11.4 Å². The first-order chi connectivity index (χ1) is 8.79. The van der Waals surface area contributed by atoms with Gasteiger partial charge in [-0.2, -0.15) is 18.3 Å². The van der Waals surface area contributed by atoms with Crippen molar-refractivity contribution < 1.29 is 13.2 Å². The second-order valence-corrected chi connectivity index (χ2v) is 4.43. The van der Waals surface area contributed by atoms with Gasteiger partial charge >= 0.3 is 6.18 Å². The lowest BCUT2D eigenvalue weighted by Gasteiger charge is -2.13. The molecule has 0 unspecified atom stereocenters. The van der Waals surface area contributed by atoms with Crippen LogP contribution in [0.3, 0.4) is 0 Å². The Morgan fingerprint density at radius 3 is 2.47 bits per heavy atom. The lowest BCUT2D eigenvalue weighted by Crippen LogP contribution is -2.18. The summed E-state index contributed by atoms with van der Waals surface area (Å²) >= 11 is 4.64. The van der Waals surface area contributed by atoms with E-state index in [9.17, 15) is 13.2 Å². The predicted molar refractivity (Wildman–Crippen MR) is 69.2 cm³/mol. The molecule has 2 N–H and O–H groups in total. The fraction of sp³-hybridized carbons (Fsp3) is 0.167. The van der Waals surface area contributed by atoms with Crippen molar-refractivity contribution in [2.24, 2.45) is 5.73 Å². The molecule has 3 nitrogen and oxygen atoms in total. The molecule has 100 valence electrons. The minimum Gasteiger partial charge on any atom is -0.389 e. The van der Waals surface area contributed by atoms with Crippen molar-refractivity contribution in [2.75, 3.05) is 0 Å². The summed E-state index contributed by atoms with van der Waals surface area (Å²) in [6, 6.07) is 5.45. The van der Waals surface area contributed by atoms with Gasteiger partial charge in [-0.1, -0.05) is 12.2 Å². The Morgan fingerprint density at radius 2 is 2.00 bits per heavy atom. The monoisotopic (exact) mass is 285 g/mol. The highest BCUT2D eigenvalue weighted by atomic mass is 32.1. The normalized spacial score (nSPS) is 11.6. The SMILES string of the molecule is Cc1ccn(-c2ccc(C(N)=S)c(C(F)(F)F)c2)n1. The summed E-state index contributed by atoms with van der Waals surface area (Å²) in [5, 5.41) is 4.06. The number of alkyl halides is 3. The third kappa shape index (κ3) is 2.76. The molecule has 0 amide bonds. The van der Waals surface area contributed by atoms with Gasteiger partial charge in [0.1, 0.15) is 4.99 Å². The zero-order valence-electron chi connectivity index (χ0n) is 9.90. The summed E-state index contributed by atoms with van der Waals surface area (Å²) in [7, 11) is 0. The van der Waals surface area contributed by atoms with Crippen LogP contribution in [0.4, 0.5) is 13.2 Å². The van der Waals surface area contributed by atoms with Crippen LogP contribution in [-0.2, 0) is 6.18 Å². The van der Waals surface area contributed by atoms with E-state index in [1.807, 2.05) is 0 Å². The van der Waals surface area contributed by atoms with Gasteiger partial charge in [-0.3, -0.25) is 0 Å². The molecule has 0 atom stereocenters. The lowest BCUT2D eigenvalue weighted by atomic mass is 10.1. The number of thiocarbonyl (C=S) groups is 1. The summed E-state index contributed by atoms with van der Waals surface area (Å²) in [6.45, 7) is 1.75. The largest absolute Gasteiger partial charge is 0.417 e. The van der Waals surface area contributed by atoms with Crippen LogP contribution in [0.1, 0.15) is 16.8 Å². The van der Waals surface area contributed by atoms with Gasteiger partial charge in [0.15, 0.2) is 0 Å². The van der Waals surface area contributed by atoms with Gasteiger partial charge in [0.25, 0.3) is 0 Å². The molecule has 7 heteroatoms. The van der Waals surface area contributed by atoms with Gasteiger partial charge in [-0.15, -0.1) is 0 Å². The van der Waals surface area contributed by atoms with Gasteiger partial charge in [-0.05, 0) is 31.2 Å². The first-order valence-electron chi connectivity index (χ1n) is 5.33. The molecule has 0 bridgehead atoms. The highest BCUT2D eigenvalue weighted by molar-refractivity contribution is 7.80. The summed E-state index contributed by atoms with van der Waals surface area (Å²) < 4.78 is 40.3. The molecule has 0 fully saturated rings. The third-order valence-corrected chi connectivity index (χ3v) is 2.78. The molecule has 0 aliphatic carbocycles. The number of hydrogen-bond donors (Lipinski definition) is 1. The van der Waals surface area contributed by atoms with Crippen LogP contribution >= 0.6 is 12.2 Å². The first-order valence-corrected chi connectivity index (χ1v) is 5.73. The van der Waals surface area contributed by atoms with E-state index in [2.05, 4.69) is 17.3 Å². The number of halogens is 3. The van der Waals surface area contributed by atoms with E-state index >= 15 is 0 Å². The Balaban J connectivity index is 2.59. The Morgan fingerprint density at radius 1 is 1.32 bits per heavy atom. The molecule has 0 spiro atoms. The van der Waals surface area contributed by atoms with Crippen LogP contribution in [0.5, 0.6) is 0 Å². The Hall–Kier alpha value is -1.89. The molecule has 19 heavy (non-hydrogen) atoms. The molecular formula is C12H10F3N3S. The fourth-order valence-corrected chi connectivity index (χ4v) is 1.86. The van der Waals surface area contributed by atoms with Crippen LogP contribution in [0, 0.1) is 6.92 Å². The molecule has 0 aliphatic heterocycles. The smallest absolute Gasteiger partial charge is 0.389 e. The average molecular weight is 285 g/mol. The second-order valence-electron chi connectivity index (χ2n) is 3.99. The van der Waals surface area contributed by atoms with E-state index < -0.39 is 11.7 Å². The molecule has 2 aromatic rings. The first kappa shape index (κ1) is 13.5. The van der Waals surface area contributed by atoms with Crippen LogP contribution in [0.15, 0.2) is 30.5 Å². The standard InChI is InChI=1S/C12H10F3N3S/c1-7-4-5-18(17-7)8-2-3-9(11(16)19)10(6-8)12(13,14)15/h2-6H,1H3,(H2,16,19). The fourth-order valence-electron chi connectivity index (χ4n) is 1.68. The second kappa shape index (κ2) is 4.65. The molecule has 1 aromatic heterocycles. The highest BCUT2D eigenvalue weighted by Crippen LogP contribution is 2.33. The van der Waals surface area contributed by atoms with Gasteiger partial charge in [0.2, 0.25) is 0 Å². The van der Waals surface area contributed by atoms with Crippen molar-refractivity contribution in [3.63, 3.8) is 0 Å². The van der Waals surface area contributed by atoms with Gasteiger partial charge in [-0.25, -0.2) is 4.68 Å². The van der Waals surface area contributed by atoms with Crippen LogP contribution in [0.25, 0.3) is 5.69 Å². The minimum absolute atomic E-state index is 0.185. The maximum Gasteiger partial charge on any atom is 0.417 e. The van der Waals surface area contributed by atoms with Crippen molar-refractivity contribution >= 4 is 17.2 Å². The summed E-state index contributed by atoms with van der Waals surface area (Å²) in [4.78, 5) is -0.282. The van der Waals surface area contributed by atoms with Crippen LogP contribution < -0.4 is 5.73 Å². The quantitative estimate of drug-likeness (QED) is 0.863. The number of benzene rings is 1. The maximum absolute atomic E-state index is 13.0. The molecule has 2 rings (SSSR count). The molecule has 0 radical (unpaired) electrons. The number of nitrogens with two attached hydrogens (primary N) is 1.